The quantitative estimate of drug-likeness (QED) is 0.774. The standard InChI is InChI=1S/C20H19N3/c1-2-6-16-14(4-1)5-3-9-20(16)12-19(20)23-17-8-11-22-18-13-21-10-7-15(17)18/h1-2,4,6-8,10-11,13,19H,3,5,9,12H2,(H,22,23)/t19-,20+/m1/s1. The van der Waals surface area contributed by atoms with Crippen molar-refractivity contribution in [1.29, 1.82) is 0 Å². The summed E-state index contributed by atoms with van der Waals surface area (Å²) in [6.07, 6.45) is 10.6. The van der Waals surface area contributed by atoms with Crippen LogP contribution >= 0.6 is 0 Å². The molecule has 114 valence electrons. The van der Waals surface area contributed by atoms with Gasteiger partial charge < -0.3 is 5.32 Å². The largest absolute Gasteiger partial charge is 0.381 e. The number of pyridine rings is 2. The molecule has 2 heterocycles. The highest BCUT2D eigenvalue weighted by Gasteiger charge is 2.56. The Bertz CT molecular complexity index is 883. The maximum absolute atomic E-state index is 4.41. The molecule has 0 unspecified atom stereocenters. The number of benzene rings is 1. The molecule has 1 N–H and O–H groups in total. The number of hydrogen-bond donors (Lipinski definition) is 1. The molecule has 3 nitrogen and oxygen atoms in total. The van der Waals surface area contributed by atoms with Crippen LogP contribution in [0.1, 0.15) is 30.4 Å². The molecular formula is C20H19N3. The lowest BCUT2D eigenvalue weighted by molar-refractivity contribution is 0.532. The average Bonchev–Trinajstić information content (AvgIpc) is 3.28. The van der Waals surface area contributed by atoms with E-state index in [9.17, 15) is 0 Å². The third kappa shape index (κ3) is 1.96. The van der Waals surface area contributed by atoms with E-state index in [-0.39, 0.29) is 0 Å². The molecule has 0 bridgehead atoms. The van der Waals surface area contributed by atoms with Gasteiger partial charge in [0, 0.05) is 34.9 Å². The first-order valence-corrected chi connectivity index (χ1v) is 8.40. The third-order valence-corrected chi connectivity index (χ3v) is 5.57. The Morgan fingerprint density at radius 1 is 1.09 bits per heavy atom. The fraction of sp³-hybridized carbons (Fsp3) is 0.300. The molecule has 0 radical (unpaired) electrons. The Morgan fingerprint density at radius 3 is 3.04 bits per heavy atom. The highest BCUT2D eigenvalue weighted by molar-refractivity contribution is 5.90. The summed E-state index contributed by atoms with van der Waals surface area (Å²) in [5.74, 6) is 0. The second kappa shape index (κ2) is 4.79. The number of fused-ring (bicyclic) bond motifs is 3. The van der Waals surface area contributed by atoms with E-state index in [2.05, 4.69) is 51.7 Å². The van der Waals surface area contributed by atoms with Gasteiger partial charge in [-0.05, 0) is 48.9 Å². The van der Waals surface area contributed by atoms with Gasteiger partial charge in [0.1, 0.15) is 0 Å². The van der Waals surface area contributed by atoms with Crippen LogP contribution in [-0.4, -0.2) is 16.0 Å². The van der Waals surface area contributed by atoms with E-state index in [1.165, 1.54) is 31.4 Å². The topological polar surface area (TPSA) is 37.8 Å². The molecule has 0 amide bonds. The van der Waals surface area contributed by atoms with E-state index in [0.717, 1.165) is 10.9 Å². The van der Waals surface area contributed by atoms with Gasteiger partial charge in [0.25, 0.3) is 0 Å². The zero-order chi connectivity index (χ0) is 15.3. The van der Waals surface area contributed by atoms with E-state index in [1.54, 1.807) is 11.1 Å². The van der Waals surface area contributed by atoms with Gasteiger partial charge in [0.05, 0.1) is 11.7 Å². The Labute approximate surface area is 135 Å². The van der Waals surface area contributed by atoms with Crippen LogP contribution < -0.4 is 5.32 Å². The number of nitrogens with zero attached hydrogens (tertiary/aromatic N) is 2. The normalized spacial score (nSPS) is 25.3. The number of aromatic nitrogens is 2. The minimum absolute atomic E-state index is 0.345. The van der Waals surface area contributed by atoms with E-state index in [1.807, 2.05) is 18.6 Å². The molecule has 3 aromatic rings. The van der Waals surface area contributed by atoms with E-state index in [4.69, 9.17) is 0 Å². The summed E-state index contributed by atoms with van der Waals surface area (Å²) < 4.78 is 0. The van der Waals surface area contributed by atoms with E-state index in [0.29, 0.717) is 11.5 Å². The summed E-state index contributed by atoms with van der Waals surface area (Å²) in [4.78, 5) is 8.58. The number of hydrogen-bond acceptors (Lipinski definition) is 3. The van der Waals surface area contributed by atoms with Gasteiger partial charge >= 0.3 is 0 Å². The zero-order valence-electron chi connectivity index (χ0n) is 13.0. The number of nitrogens with one attached hydrogen (secondary N) is 1. The monoisotopic (exact) mass is 301 g/mol. The molecule has 2 aliphatic rings. The van der Waals surface area contributed by atoms with Gasteiger partial charge in [-0.3, -0.25) is 9.97 Å². The van der Waals surface area contributed by atoms with Gasteiger partial charge in [-0.25, -0.2) is 0 Å². The summed E-state index contributed by atoms with van der Waals surface area (Å²) in [5.41, 5.74) is 5.60. The molecule has 2 aromatic heterocycles. The van der Waals surface area contributed by atoms with Crippen LogP contribution in [0.15, 0.2) is 55.0 Å². The fourth-order valence-corrected chi connectivity index (χ4v) is 4.33. The summed E-state index contributed by atoms with van der Waals surface area (Å²) in [7, 11) is 0. The minimum Gasteiger partial charge on any atom is -0.381 e. The molecule has 1 fully saturated rings. The molecule has 3 heteroatoms. The SMILES string of the molecule is c1ccc2c(c1)CCC[C@]21C[C@H]1Nc1ccnc2cnccc12. The van der Waals surface area contributed by atoms with E-state index >= 15 is 0 Å². The van der Waals surface area contributed by atoms with Crippen molar-refractivity contribution in [2.75, 3.05) is 5.32 Å². The molecule has 0 saturated heterocycles. The van der Waals surface area contributed by atoms with Crippen LogP contribution in [0.4, 0.5) is 5.69 Å². The first-order chi connectivity index (χ1) is 11.4. The number of rotatable bonds is 2. The molecule has 1 saturated carbocycles. The minimum atomic E-state index is 0.345. The lowest BCUT2D eigenvalue weighted by Gasteiger charge is -2.27. The predicted molar refractivity (Wildman–Crippen MR) is 92.6 cm³/mol. The van der Waals surface area contributed by atoms with Crippen molar-refractivity contribution in [3.8, 4) is 0 Å². The smallest absolute Gasteiger partial charge is 0.0905 e. The average molecular weight is 301 g/mol. The predicted octanol–water partition coefficient (Wildman–Crippen LogP) is 4.09. The zero-order valence-corrected chi connectivity index (χ0v) is 13.0. The summed E-state index contributed by atoms with van der Waals surface area (Å²) >= 11 is 0. The fourth-order valence-electron chi connectivity index (χ4n) is 4.33. The molecule has 23 heavy (non-hydrogen) atoms. The van der Waals surface area contributed by atoms with Crippen molar-refractivity contribution >= 4 is 16.6 Å². The lowest BCUT2D eigenvalue weighted by atomic mass is 9.79. The van der Waals surface area contributed by atoms with E-state index < -0.39 is 0 Å². The van der Waals surface area contributed by atoms with Crippen LogP contribution in [0.25, 0.3) is 10.9 Å². The first kappa shape index (κ1) is 13.1. The molecule has 1 spiro atoms. The Morgan fingerprint density at radius 2 is 2.04 bits per heavy atom. The van der Waals surface area contributed by atoms with Crippen molar-refractivity contribution in [3.05, 3.63) is 66.1 Å². The van der Waals surface area contributed by atoms with Gasteiger partial charge in [-0.15, -0.1) is 0 Å². The molecule has 1 aromatic carbocycles. The lowest BCUT2D eigenvalue weighted by Crippen LogP contribution is -2.23. The highest BCUT2D eigenvalue weighted by Crippen LogP contribution is 2.56. The Kier molecular flexibility index (Phi) is 2.72. The second-order valence-corrected chi connectivity index (χ2v) is 6.82. The van der Waals surface area contributed by atoms with Gasteiger partial charge in [-0.1, -0.05) is 24.3 Å². The van der Waals surface area contributed by atoms with Crippen molar-refractivity contribution in [2.24, 2.45) is 0 Å². The molecule has 2 aliphatic carbocycles. The summed E-state index contributed by atoms with van der Waals surface area (Å²) in [6, 6.07) is 13.7. The second-order valence-electron chi connectivity index (χ2n) is 6.82. The number of anilines is 1. The highest BCUT2D eigenvalue weighted by atomic mass is 15.0. The molecular weight excluding hydrogens is 282 g/mol. The van der Waals surface area contributed by atoms with Crippen molar-refractivity contribution in [3.63, 3.8) is 0 Å². The molecule has 0 aliphatic heterocycles. The van der Waals surface area contributed by atoms with Crippen molar-refractivity contribution < 1.29 is 0 Å². The van der Waals surface area contributed by atoms with Crippen LogP contribution in [0.2, 0.25) is 0 Å². The van der Waals surface area contributed by atoms with Crippen molar-refractivity contribution in [1.82, 2.24) is 9.97 Å². The van der Waals surface area contributed by atoms with Gasteiger partial charge in [0.15, 0.2) is 0 Å². The van der Waals surface area contributed by atoms with Crippen LogP contribution in [-0.2, 0) is 11.8 Å². The molecule has 5 rings (SSSR count). The number of aryl methyl sites for hydroxylation is 1. The maximum atomic E-state index is 4.41. The van der Waals surface area contributed by atoms with Gasteiger partial charge in [0.2, 0.25) is 0 Å². The van der Waals surface area contributed by atoms with Crippen LogP contribution in [0.3, 0.4) is 0 Å². The summed E-state index contributed by atoms with van der Waals surface area (Å²) in [6.45, 7) is 0. The maximum Gasteiger partial charge on any atom is 0.0905 e. The molecule has 2 atom stereocenters. The third-order valence-electron chi connectivity index (χ3n) is 5.57. The first-order valence-electron chi connectivity index (χ1n) is 8.40. The Balaban J connectivity index is 1.50. The van der Waals surface area contributed by atoms with Crippen molar-refractivity contribution in [2.45, 2.75) is 37.1 Å². The van der Waals surface area contributed by atoms with Crippen LogP contribution in [0, 0.1) is 0 Å². The summed E-state index contributed by atoms with van der Waals surface area (Å²) in [5, 5.41) is 4.95. The van der Waals surface area contributed by atoms with Crippen LogP contribution in [0.5, 0.6) is 0 Å². The Hall–Kier alpha value is -2.42. The van der Waals surface area contributed by atoms with Gasteiger partial charge in [-0.2, -0.15) is 0 Å².